The van der Waals surface area contributed by atoms with Gasteiger partial charge in [0.05, 0.1) is 6.20 Å². The van der Waals surface area contributed by atoms with Gasteiger partial charge in [0, 0.05) is 18.5 Å². The van der Waals surface area contributed by atoms with Gasteiger partial charge in [-0.1, -0.05) is 24.4 Å². The molecule has 1 aliphatic carbocycles. The maximum atomic E-state index is 12.7. The average molecular weight is 396 g/mol. The van der Waals surface area contributed by atoms with Crippen LogP contribution in [0, 0.1) is 11.8 Å². The molecule has 3 atom stereocenters. The Bertz CT molecular complexity index is 703. The van der Waals surface area contributed by atoms with Gasteiger partial charge in [0.2, 0.25) is 11.8 Å². The second-order valence-electron chi connectivity index (χ2n) is 7.56. The van der Waals surface area contributed by atoms with Crippen molar-refractivity contribution in [3.63, 3.8) is 0 Å². The number of carbonyl (C=O) groups excluding carboxylic acids is 3. The van der Waals surface area contributed by atoms with E-state index in [2.05, 4.69) is 25.9 Å². The molecule has 3 amide bonds. The summed E-state index contributed by atoms with van der Waals surface area (Å²) in [7, 11) is 0. The Morgan fingerprint density at radius 3 is 2.70 bits per heavy atom. The Kier molecular flexibility index (Phi) is 6.36. The molecule has 2 aliphatic rings. The second-order valence-corrected chi connectivity index (χ2v) is 7.97. The van der Waals surface area contributed by atoms with Gasteiger partial charge in [0.1, 0.15) is 11.2 Å². The molecule has 0 spiro atoms. The Labute approximate surface area is 163 Å². The van der Waals surface area contributed by atoms with E-state index in [1.54, 1.807) is 0 Å². The van der Waals surface area contributed by atoms with Crippen LogP contribution in [0.5, 0.6) is 0 Å². The van der Waals surface area contributed by atoms with E-state index in [4.69, 9.17) is 11.6 Å². The molecule has 8 nitrogen and oxygen atoms in total. The molecule has 9 heteroatoms. The number of aromatic amines is 1. The fourth-order valence-electron chi connectivity index (χ4n) is 3.45. The summed E-state index contributed by atoms with van der Waals surface area (Å²) in [6, 6.07) is -0.778. The molecule has 1 saturated heterocycles. The SMILES string of the molecule is CC(CC1CCCNC1=O)NC(=O)C(CC1CC1)NC(=O)c1ncc(Cl)[nH]1. The van der Waals surface area contributed by atoms with Crippen LogP contribution >= 0.6 is 11.6 Å². The van der Waals surface area contributed by atoms with Crippen molar-refractivity contribution in [1.82, 2.24) is 25.9 Å². The van der Waals surface area contributed by atoms with Gasteiger partial charge in [0.15, 0.2) is 5.82 Å². The number of aromatic nitrogens is 2. The van der Waals surface area contributed by atoms with Crippen molar-refractivity contribution in [2.45, 2.75) is 57.5 Å². The maximum absolute atomic E-state index is 12.7. The van der Waals surface area contributed by atoms with E-state index < -0.39 is 11.9 Å². The molecule has 3 rings (SSSR count). The van der Waals surface area contributed by atoms with Crippen LogP contribution in [0.15, 0.2) is 6.20 Å². The number of carbonyl (C=O) groups is 3. The quantitative estimate of drug-likeness (QED) is 0.532. The van der Waals surface area contributed by atoms with Crippen LogP contribution in [0.4, 0.5) is 0 Å². The van der Waals surface area contributed by atoms with Crippen LogP contribution < -0.4 is 16.0 Å². The summed E-state index contributed by atoms with van der Waals surface area (Å²) in [5, 5.41) is 8.84. The largest absolute Gasteiger partial charge is 0.356 e. The van der Waals surface area contributed by atoms with E-state index in [1.807, 2.05) is 6.92 Å². The molecule has 3 unspecified atom stereocenters. The first kappa shape index (κ1) is 19.7. The Morgan fingerprint density at radius 2 is 2.07 bits per heavy atom. The molecule has 0 aromatic carbocycles. The van der Waals surface area contributed by atoms with Crippen molar-refractivity contribution in [2.24, 2.45) is 11.8 Å². The Hall–Kier alpha value is -2.09. The highest BCUT2D eigenvalue weighted by molar-refractivity contribution is 6.29. The summed E-state index contributed by atoms with van der Waals surface area (Å²) < 4.78 is 0. The molecule has 148 valence electrons. The van der Waals surface area contributed by atoms with Crippen LogP contribution in [-0.2, 0) is 9.59 Å². The van der Waals surface area contributed by atoms with Gasteiger partial charge in [-0.05, 0) is 38.5 Å². The minimum Gasteiger partial charge on any atom is -0.356 e. The topological polar surface area (TPSA) is 116 Å². The highest BCUT2D eigenvalue weighted by atomic mass is 35.5. The summed E-state index contributed by atoms with van der Waals surface area (Å²) in [4.78, 5) is 43.5. The predicted octanol–water partition coefficient (Wildman–Crippen LogP) is 1.38. The minimum absolute atomic E-state index is 0.0554. The summed E-state index contributed by atoms with van der Waals surface area (Å²) in [6.07, 6.45) is 6.49. The van der Waals surface area contributed by atoms with Crippen molar-refractivity contribution < 1.29 is 14.4 Å². The summed E-state index contributed by atoms with van der Waals surface area (Å²) in [6.45, 7) is 2.62. The normalized spacial score (nSPS) is 21.9. The van der Waals surface area contributed by atoms with Gasteiger partial charge >= 0.3 is 0 Å². The van der Waals surface area contributed by atoms with E-state index in [0.717, 1.165) is 32.2 Å². The second kappa shape index (κ2) is 8.73. The molecule has 0 bridgehead atoms. The third-order valence-electron chi connectivity index (χ3n) is 5.07. The van der Waals surface area contributed by atoms with E-state index in [-0.39, 0.29) is 34.8 Å². The standard InChI is InChI=1S/C18H26ClN5O3/c1-10(7-12-3-2-6-20-16(12)25)22-17(26)13(8-11-4-5-11)23-18(27)15-21-9-14(19)24-15/h9-13H,2-8H2,1H3,(H,20,25)(H,21,24)(H,22,26)(H,23,27). The van der Waals surface area contributed by atoms with E-state index >= 15 is 0 Å². The van der Waals surface area contributed by atoms with Crippen LogP contribution in [0.25, 0.3) is 0 Å². The van der Waals surface area contributed by atoms with Gasteiger partial charge in [-0.2, -0.15) is 0 Å². The third kappa shape index (κ3) is 5.69. The van der Waals surface area contributed by atoms with Gasteiger partial charge in [0.25, 0.3) is 5.91 Å². The Balaban J connectivity index is 1.55. The number of H-pyrrole nitrogens is 1. The number of halogens is 1. The molecular formula is C18H26ClN5O3. The molecule has 1 saturated carbocycles. The molecule has 4 N–H and O–H groups in total. The first-order valence-electron chi connectivity index (χ1n) is 9.52. The molecule has 1 aromatic heterocycles. The van der Waals surface area contributed by atoms with Crippen LogP contribution in [0.2, 0.25) is 5.15 Å². The minimum atomic E-state index is -0.628. The van der Waals surface area contributed by atoms with Gasteiger partial charge in [-0.25, -0.2) is 4.98 Å². The number of amides is 3. The highest BCUT2D eigenvalue weighted by Crippen LogP contribution is 2.33. The summed E-state index contributed by atoms with van der Waals surface area (Å²) >= 11 is 5.76. The first-order valence-corrected chi connectivity index (χ1v) is 9.89. The zero-order chi connectivity index (χ0) is 19.4. The lowest BCUT2D eigenvalue weighted by atomic mass is 9.92. The number of nitrogens with one attached hydrogen (secondary N) is 4. The summed E-state index contributed by atoms with van der Waals surface area (Å²) in [5.41, 5.74) is 0. The lowest BCUT2D eigenvalue weighted by Crippen LogP contribution is -2.50. The highest BCUT2D eigenvalue weighted by Gasteiger charge is 2.32. The molecule has 0 radical (unpaired) electrons. The molecule has 1 aliphatic heterocycles. The van der Waals surface area contributed by atoms with Crippen molar-refractivity contribution in [3.8, 4) is 0 Å². The number of piperidine rings is 1. The number of imidazole rings is 1. The monoisotopic (exact) mass is 395 g/mol. The lowest BCUT2D eigenvalue weighted by Gasteiger charge is -2.26. The number of rotatable bonds is 8. The third-order valence-corrected chi connectivity index (χ3v) is 5.27. The number of hydrogen-bond donors (Lipinski definition) is 4. The maximum Gasteiger partial charge on any atom is 0.287 e. The zero-order valence-electron chi connectivity index (χ0n) is 15.4. The fourth-order valence-corrected chi connectivity index (χ4v) is 3.59. The zero-order valence-corrected chi connectivity index (χ0v) is 16.1. The van der Waals surface area contributed by atoms with Crippen LogP contribution in [0.3, 0.4) is 0 Å². The van der Waals surface area contributed by atoms with Crippen molar-refractivity contribution >= 4 is 29.3 Å². The molecule has 27 heavy (non-hydrogen) atoms. The molecule has 2 fully saturated rings. The van der Waals surface area contributed by atoms with Gasteiger partial charge < -0.3 is 20.9 Å². The fraction of sp³-hybridized carbons (Fsp3) is 0.667. The van der Waals surface area contributed by atoms with Crippen LogP contribution in [0.1, 0.15) is 56.1 Å². The Morgan fingerprint density at radius 1 is 1.30 bits per heavy atom. The van der Waals surface area contributed by atoms with Gasteiger partial charge in [-0.15, -0.1) is 0 Å². The molecular weight excluding hydrogens is 370 g/mol. The summed E-state index contributed by atoms with van der Waals surface area (Å²) in [5.74, 6) is -0.157. The average Bonchev–Trinajstić information content (AvgIpc) is 3.33. The predicted molar refractivity (Wildman–Crippen MR) is 100 cm³/mol. The van der Waals surface area contributed by atoms with E-state index in [1.165, 1.54) is 6.20 Å². The van der Waals surface area contributed by atoms with Crippen molar-refractivity contribution in [1.29, 1.82) is 0 Å². The first-order chi connectivity index (χ1) is 12.9. The molecule has 2 heterocycles. The van der Waals surface area contributed by atoms with Gasteiger partial charge in [-0.3, -0.25) is 14.4 Å². The van der Waals surface area contributed by atoms with Crippen molar-refractivity contribution in [2.75, 3.05) is 6.54 Å². The smallest absolute Gasteiger partial charge is 0.287 e. The number of nitrogens with zero attached hydrogens (tertiary/aromatic N) is 1. The molecule has 1 aromatic rings. The lowest BCUT2D eigenvalue weighted by molar-refractivity contribution is -0.128. The van der Waals surface area contributed by atoms with E-state index in [0.29, 0.717) is 18.8 Å². The van der Waals surface area contributed by atoms with Crippen molar-refractivity contribution in [3.05, 3.63) is 17.2 Å². The van der Waals surface area contributed by atoms with E-state index in [9.17, 15) is 14.4 Å². The van der Waals surface area contributed by atoms with Crippen LogP contribution in [-0.4, -0.2) is 46.3 Å². The number of hydrogen-bond acceptors (Lipinski definition) is 4.